The minimum absolute atomic E-state index is 0.133. The highest BCUT2D eigenvalue weighted by atomic mass is 16.2. The Bertz CT molecular complexity index is 545. The zero-order chi connectivity index (χ0) is 12.1. The van der Waals surface area contributed by atoms with E-state index >= 15 is 0 Å². The first-order valence-corrected chi connectivity index (χ1v) is 4.87. The summed E-state index contributed by atoms with van der Waals surface area (Å²) in [6.45, 7) is 4.18. The third-order valence-electron chi connectivity index (χ3n) is 2.09. The van der Waals surface area contributed by atoms with Crippen LogP contribution in [0.3, 0.4) is 0 Å². The molecule has 0 aliphatic carbocycles. The largest absolute Gasteiger partial charge is 0.383 e. The van der Waals surface area contributed by atoms with Crippen molar-refractivity contribution in [3.05, 3.63) is 20.8 Å². The van der Waals surface area contributed by atoms with E-state index in [4.69, 9.17) is 5.73 Å². The van der Waals surface area contributed by atoms with Gasteiger partial charge in [0, 0.05) is 6.54 Å². The molecule has 0 radical (unpaired) electrons. The number of H-pyrrole nitrogens is 1. The van der Waals surface area contributed by atoms with Crippen molar-refractivity contribution in [2.45, 2.75) is 20.4 Å². The van der Waals surface area contributed by atoms with Gasteiger partial charge in [0.2, 0.25) is 0 Å². The van der Waals surface area contributed by atoms with Crippen LogP contribution in [0.2, 0.25) is 0 Å². The van der Waals surface area contributed by atoms with Crippen LogP contribution >= 0.6 is 0 Å². The lowest BCUT2D eigenvalue weighted by molar-refractivity contribution is 0.706. The maximum atomic E-state index is 11.5. The molecule has 6 nitrogen and oxygen atoms in total. The smallest absolute Gasteiger partial charge is 0.330 e. The standard InChI is InChI=1S/C10H14N4O2/c1-3-5-6-12-7-8(11)14(4-2)10(16)13-9(7)15/h12H,4,6,11H2,1-2H3,(H,13,15,16). The number of nitrogens with one attached hydrogen (secondary N) is 2. The Balaban J connectivity index is 3.21. The Morgan fingerprint density at radius 2 is 2.19 bits per heavy atom. The van der Waals surface area contributed by atoms with Crippen LogP contribution in [0, 0.1) is 11.8 Å². The third-order valence-corrected chi connectivity index (χ3v) is 2.09. The van der Waals surface area contributed by atoms with Crippen LogP contribution in [0.4, 0.5) is 11.5 Å². The van der Waals surface area contributed by atoms with Crippen molar-refractivity contribution >= 4 is 11.5 Å². The summed E-state index contributed by atoms with van der Waals surface area (Å²) in [5.74, 6) is 5.56. The molecule has 16 heavy (non-hydrogen) atoms. The van der Waals surface area contributed by atoms with E-state index in [2.05, 4.69) is 22.1 Å². The zero-order valence-corrected chi connectivity index (χ0v) is 9.26. The molecule has 0 fully saturated rings. The van der Waals surface area contributed by atoms with E-state index in [0.717, 1.165) is 0 Å². The van der Waals surface area contributed by atoms with E-state index in [-0.39, 0.29) is 11.5 Å². The Kier molecular flexibility index (Phi) is 3.78. The number of aromatic amines is 1. The maximum Gasteiger partial charge on any atom is 0.330 e. The van der Waals surface area contributed by atoms with Gasteiger partial charge < -0.3 is 11.1 Å². The number of hydrogen-bond donors (Lipinski definition) is 3. The van der Waals surface area contributed by atoms with Crippen LogP contribution in [0.25, 0.3) is 0 Å². The van der Waals surface area contributed by atoms with Crippen LogP contribution in [0.15, 0.2) is 9.59 Å². The van der Waals surface area contributed by atoms with Crippen LogP contribution in [-0.2, 0) is 6.54 Å². The summed E-state index contributed by atoms with van der Waals surface area (Å²) in [4.78, 5) is 25.0. The summed E-state index contributed by atoms with van der Waals surface area (Å²) in [7, 11) is 0. The van der Waals surface area contributed by atoms with E-state index in [1.807, 2.05) is 0 Å². The first-order valence-electron chi connectivity index (χ1n) is 4.87. The molecule has 0 amide bonds. The van der Waals surface area contributed by atoms with Gasteiger partial charge in [0.15, 0.2) is 0 Å². The number of anilines is 2. The van der Waals surface area contributed by atoms with Crippen LogP contribution in [0.1, 0.15) is 13.8 Å². The highest BCUT2D eigenvalue weighted by Gasteiger charge is 2.09. The maximum absolute atomic E-state index is 11.5. The number of hydrogen-bond acceptors (Lipinski definition) is 4. The van der Waals surface area contributed by atoms with Crippen LogP contribution in [-0.4, -0.2) is 16.1 Å². The molecule has 6 heteroatoms. The van der Waals surface area contributed by atoms with Gasteiger partial charge in [-0.15, -0.1) is 5.92 Å². The third kappa shape index (κ3) is 2.25. The molecule has 0 atom stereocenters. The molecule has 0 aromatic carbocycles. The van der Waals surface area contributed by atoms with Crippen LogP contribution < -0.4 is 22.3 Å². The quantitative estimate of drug-likeness (QED) is 0.605. The Morgan fingerprint density at radius 1 is 1.50 bits per heavy atom. The van der Waals surface area contributed by atoms with Gasteiger partial charge in [0.25, 0.3) is 5.56 Å². The predicted molar refractivity (Wildman–Crippen MR) is 63.3 cm³/mol. The molecule has 0 bridgehead atoms. The van der Waals surface area contributed by atoms with Crippen molar-refractivity contribution in [2.24, 2.45) is 0 Å². The van der Waals surface area contributed by atoms with Gasteiger partial charge in [0.1, 0.15) is 11.5 Å². The molecule has 1 aromatic rings. The Labute approximate surface area is 92.5 Å². The minimum Gasteiger partial charge on any atom is -0.383 e. The summed E-state index contributed by atoms with van der Waals surface area (Å²) in [5.41, 5.74) is 4.87. The van der Waals surface area contributed by atoms with E-state index in [1.165, 1.54) is 4.57 Å². The lowest BCUT2D eigenvalue weighted by Crippen LogP contribution is -2.33. The summed E-state index contributed by atoms with van der Waals surface area (Å²) in [6.07, 6.45) is 0. The van der Waals surface area contributed by atoms with Crippen molar-refractivity contribution in [1.29, 1.82) is 0 Å². The fourth-order valence-electron chi connectivity index (χ4n) is 1.29. The summed E-state index contributed by atoms with van der Waals surface area (Å²) in [5, 5.41) is 2.78. The second-order valence-corrected chi connectivity index (χ2v) is 3.04. The first-order chi connectivity index (χ1) is 7.61. The van der Waals surface area contributed by atoms with E-state index in [0.29, 0.717) is 13.1 Å². The fraction of sp³-hybridized carbons (Fsp3) is 0.400. The van der Waals surface area contributed by atoms with Crippen molar-refractivity contribution in [2.75, 3.05) is 17.6 Å². The van der Waals surface area contributed by atoms with Gasteiger partial charge in [-0.3, -0.25) is 14.3 Å². The molecule has 0 spiro atoms. The summed E-state index contributed by atoms with van der Waals surface area (Å²) >= 11 is 0. The van der Waals surface area contributed by atoms with Gasteiger partial charge in [-0.05, 0) is 13.8 Å². The minimum atomic E-state index is -0.523. The topological polar surface area (TPSA) is 92.9 Å². The number of nitrogens with two attached hydrogens (primary N) is 1. The molecule has 0 saturated heterocycles. The van der Waals surface area contributed by atoms with Gasteiger partial charge in [-0.25, -0.2) is 4.79 Å². The highest BCUT2D eigenvalue weighted by Crippen LogP contribution is 2.08. The van der Waals surface area contributed by atoms with Gasteiger partial charge in [-0.2, -0.15) is 0 Å². The van der Waals surface area contributed by atoms with Crippen LogP contribution in [0.5, 0.6) is 0 Å². The molecular weight excluding hydrogens is 208 g/mol. The normalized spacial score (nSPS) is 9.38. The van der Waals surface area contributed by atoms with Crippen molar-refractivity contribution in [3.8, 4) is 11.8 Å². The second-order valence-electron chi connectivity index (χ2n) is 3.04. The molecule has 86 valence electrons. The van der Waals surface area contributed by atoms with E-state index < -0.39 is 11.2 Å². The van der Waals surface area contributed by atoms with Crippen molar-refractivity contribution in [3.63, 3.8) is 0 Å². The number of nitrogen functional groups attached to an aromatic ring is 1. The van der Waals surface area contributed by atoms with Crippen molar-refractivity contribution < 1.29 is 0 Å². The highest BCUT2D eigenvalue weighted by molar-refractivity contribution is 5.60. The van der Waals surface area contributed by atoms with E-state index in [9.17, 15) is 9.59 Å². The molecule has 4 N–H and O–H groups in total. The SMILES string of the molecule is CC#CCNc1c(N)n(CC)c(=O)[nH]c1=O. The van der Waals surface area contributed by atoms with E-state index in [1.54, 1.807) is 13.8 Å². The van der Waals surface area contributed by atoms with Gasteiger partial charge in [0.05, 0.1) is 6.54 Å². The Morgan fingerprint density at radius 3 is 2.75 bits per heavy atom. The molecule has 0 aliphatic rings. The average Bonchev–Trinajstić information content (AvgIpc) is 2.23. The molecule has 0 unspecified atom stereocenters. The first kappa shape index (κ1) is 11.9. The van der Waals surface area contributed by atoms with Crippen molar-refractivity contribution in [1.82, 2.24) is 9.55 Å². The zero-order valence-electron chi connectivity index (χ0n) is 9.26. The number of aromatic nitrogens is 2. The second kappa shape index (κ2) is 5.07. The summed E-state index contributed by atoms with van der Waals surface area (Å²) in [6, 6.07) is 0. The van der Waals surface area contributed by atoms with Gasteiger partial charge in [-0.1, -0.05) is 5.92 Å². The van der Waals surface area contributed by atoms with Gasteiger partial charge >= 0.3 is 5.69 Å². The monoisotopic (exact) mass is 222 g/mol. The summed E-state index contributed by atoms with van der Waals surface area (Å²) < 4.78 is 1.28. The lowest BCUT2D eigenvalue weighted by Gasteiger charge is -2.10. The fourth-order valence-corrected chi connectivity index (χ4v) is 1.29. The molecule has 0 aliphatic heterocycles. The molecule has 1 aromatic heterocycles. The molecule has 0 saturated carbocycles. The lowest BCUT2D eigenvalue weighted by atomic mass is 10.4. The average molecular weight is 222 g/mol. The Hall–Kier alpha value is -2.16. The molecular formula is C10H14N4O2. The number of rotatable bonds is 3. The molecule has 1 rings (SSSR count). The number of nitrogens with zero attached hydrogens (tertiary/aromatic N) is 1. The predicted octanol–water partition coefficient (Wildman–Crippen LogP) is -0.426. The molecule has 1 heterocycles.